The number of anilines is 1. The normalized spacial score (nSPS) is 24.2. The fourth-order valence-electron chi connectivity index (χ4n) is 3.65. The van der Waals surface area contributed by atoms with E-state index < -0.39 is 0 Å². The summed E-state index contributed by atoms with van der Waals surface area (Å²) in [5, 5.41) is 7.03. The molecule has 0 saturated heterocycles. The molecule has 3 rings (SSSR count). The SMILES string of the molecule is CN=C(NCc1ccc(N2CC=CC2)cc1)NC1CCCC(C)C1. The number of nitrogens with zero attached hydrogens (tertiary/aromatic N) is 2. The van der Waals surface area contributed by atoms with Crippen molar-refractivity contribution in [3.8, 4) is 0 Å². The van der Waals surface area contributed by atoms with Crippen LogP contribution in [0.15, 0.2) is 41.4 Å². The van der Waals surface area contributed by atoms with E-state index in [1.165, 1.54) is 36.9 Å². The van der Waals surface area contributed by atoms with Gasteiger partial charge in [-0.15, -0.1) is 0 Å². The van der Waals surface area contributed by atoms with Gasteiger partial charge in [-0.05, 0) is 36.5 Å². The first-order valence-corrected chi connectivity index (χ1v) is 9.20. The molecule has 0 spiro atoms. The van der Waals surface area contributed by atoms with Crippen LogP contribution >= 0.6 is 0 Å². The Balaban J connectivity index is 1.48. The van der Waals surface area contributed by atoms with Gasteiger partial charge < -0.3 is 15.5 Å². The summed E-state index contributed by atoms with van der Waals surface area (Å²) in [6.07, 6.45) is 9.63. The summed E-state index contributed by atoms with van der Waals surface area (Å²) in [5.41, 5.74) is 2.58. The van der Waals surface area contributed by atoms with E-state index in [1.54, 1.807) is 0 Å². The Morgan fingerprint density at radius 3 is 2.58 bits per heavy atom. The van der Waals surface area contributed by atoms with Gasteiger partial charge in [0.15, 0.2) is 5.96 Å². The van der Waals surface area contributed by atoms with Crippen LogP contribution in [0.3, 0.4) is 0 Å². The maximum absolute atomic E-state index is 4.38. The third-order valence-electron chi connectivity index (χ3n) is 5.08. The van der Waals surface area contributed by atoms with E-state index in [4.69, 9.17) is 0 Å². The molecular weight excluding hydrogens is 296 g/mol. The number of hydrogen-bond donors (Lipinski definition) is 2. The second kappa shape index (κ2) is 8.22. The van der Waals surface area contributed by atoms with Crippen LogP contribution in [0.1, 0.15) is 38.2 Å². The van der Waals surface area contributed by atoms with E-state index >= 15 is 0 Å². The predicted octanol–water partition coefficient (Wildman–Crippen LogP) is 3.31. The van der Waals surface area contributed by atoms with Crippen LogP contribution in [0.4, 0.5) is 5.69 Å². The Hall–Kier alpha value is -1.97. The third-order valence-corrected chi connectivity index (χ3v) is 5.08. The van der Waals surface area contributed by atoms with Crippen LogP contribution in [-0.2, 0) is 6.54 Å². The summed E-state index contributed by atoms with van der Waals surface area (Å²) < 4.78 is 0. The number of nitrogens with one attached hydrogen (secondary N) is 2. The van der Waals surface area contributed by atoms with Gasteiger partial charge in [-0.1, -0.05) is 44.1 Å². The molecule has 2 atom stereocenters. The quantitative estimate of drug-likeness (QED) is 0.507. The van der Waals surface area contributed by atoms with Gasteiger partial charge in [-0.25, -0.2) is 0 Å². The molecule has 4 heteroatoms. The topological polar surface area (TPSA) is 39.7 Å². The third kappa shape index (κ3) is 4.53. The average molecular weight is 326 g/mol. The van der Waals surface area contributed by atoms with Crippen molar-refractivity contribution < 1.29 is 0 Å². The Labute approximate surface area is 146 Å². The Morgan fingerprint density at radius 1 is 1.17 bits per heavy atom. The lowest BCUT2D eigenvalue weighted by molar-refractivity contribution is 0.324. The first-order chi connectivity index (χ1) is 11.7. The minimum absolute atomic E-state index is 0.560. The number of guanidine groups is 1. The van der Waals surface area contributed by atoms with Crippen molar-refractivity contribution in [1.29, 1.82) is 0 Å². The van der Waals surface area contributed by atoms with Crippen molar-refractivity contribution in [2.24, 2.45) is 10.9 Å². The number of aliphatic imine (C=N–C) groups is 1. The van der Waals surface area contributed by atoms with Crippen molar-refractivity contribution in [2.45, 2.75) is 45.2 Å². The van der Waals surface area contributed by atoms with Crippen molar-refractivity contribution >= 4 is 11.6 Å². The van der Waals surface area contributed by atoms with Crippen LogP contribution in [0.2, 0.25) is 0 Å². The van der Waals surface area contributed by atoms with E-state index in [0.717, 1.165) is 31.5 Å². The van der Waals surface area contributed by atoms with Crippen molar-refractivity contribution in [3.05, 3.63) is 42.0 Å². The average Bonchev–Trinajstić information content (AvgIpc) is 3.14. The highest BCUT2D eigenvalue weighted by Gasteiger charge is 2.19. The van der Waals surface area contributed by atoms with Crippen LogP contribution in [-0.4, -0.2) is 32.1 Å². The molecule has 1 heterocycles. The number of hydrogen-bond acceptors (Lipinski definition) is 2. The highest BCUT2D eigenvalue weighted by atomic mass is 15.2. The van der Waals surface area contributed by atoms with Gasteiger partial charge in [0.05, 0.1) is 0 Å². The Morgan fingerprint density at radius 2 is 1.92 bits per heavy atom. The van der Waals surface area contributed by atoms with Gasteiger partial charge >= 0.3 is 0 Å². The first kappa shape index (κ1) is 16.9. The van der Waals surface area contributed by atoms with Gasteiger partial charge in [0.2, 0.25) is 0 Å². The summed E-state index contributed by atoms with van der Waals surface area (Å²) in [4.78, 5) is 6.74. The highest BCUT2D eigenvalue weighted by molar-refractivity contribution is 5.80. The summed E-state index contributed by atoms with van der Waals surface area (Å²) >= 11 is 0. The van der Waals surface area contributed by atoms with E-state index in [9.17, 15) is 0 Å². The molecule has 24 heavy (non-hydrogen) atoms. The Bertz CT molecular complexity index is 568. The molecule has 0 bridgehead atoms. The van der Waals surface area contributed by atoms with E-state index in [0.29, 0.717) is 6.04 Å². The van der Waals surface area contributed by atoms with Gasteiger partial charge in [-0.3, -0.25) is 4.99 Å². The molecule has 130 valence electrons. The molecule has 2 unspecified atom stereocenters. The molecule has 1 aliphatic heterocycles. The van der Waals surface area contributed by atoms with Gasteiger partial charge in [0.1, 0.15) is 0 Å². The monoisotopic (exact) mass is 326 g/mol. The van der Waals surface area contributed by atoms with E-state index in [-0.39, 0.29) is 0 Å². The van der Waals surface area contributed by atoms with Gasteiger partial charge in [-0.2, -0.15) is 0 Å². The smallest absolute Gasteiger partial charge is 0.191 e. The zero-order valence-corrected chi connectivity index (χ0v) is 15.0. The molecular formula is C20H30N4. The summed E-state index contributed by atoms with van der Waals surface area (Å²) in [5.74, 6) is 1.74. The van der Waals surface area contributed by atoms with E-state index in [1.807, 2.05) is 7.05 Å². The van der Waals surface area contributed by atoms with Crippen LogP contribution < -0.4 is 15.5 Å². The summed E-state index contributed by atoms with van der Waals surface area (Å²) in [7, 11) is 1.85. The molecule has 0 radical (unpaired) electrons. The van der Waals surface area contributed by atoms with Crippen LogP contribution in [0.25, 0.3) is 0 Å². The molecule has 1 aromatic rings. The number of rotatable bonds is 4. The minimum Gasteiger partial charge on any atom is -0.364 e. The lowest BCUT2D eigenvalue weighted by Gasteiger charge is -2.28. The van der Waals surface area contributed by atoms with E-state index in [2.05, 4.69) is 63.9 Å². The zero-order valence-electron chi connectivity index (χ0n) is 15.0. The van der Waals surface area contributed by atoms with Gasteiger partial charge in [0, 0.05) is 38.4 Å². The van der Waals surface area contributed by atoms with Crippen molar-refractivity contribution in [3.63, 3.8) is 0 Å². The van der Waals surface area contributed by atoms with Crippen molar-refractivity contribution in [1.82, 2.24) is 10.6 Å². The van der Waals surface area contributed by atoms with Crippen LogP contribution in [0, 0.1) is 5.92 Å². The Kier molecular flexibility index (Phi) is 5.78. The molecule has 1 fully saturated rings. The summed E-state index contributed by atoms with van der Waals surface area (Å²) in [6, 6.07) is 9.39. The second-order valence-electron chi connectivity index (χ2n) is 7.08. The minimum atomic E-state index is 0.560. The zero-order chi connectivity index (χ0) is 16.8. The maximum Gasteiger partial charge on any atom is 0.191 e. The first-order valence-electron chi connectivity index (χ1n) is 9.20. The molecule has 0 aromatic heterocycles. The fourth-order valence-corrected chi connectivity index (χ4v) is 3.65. The van der Waals surface area contributed by atoms with Crippen molar-refractivity contribution in [2.75, 3.05) is 25.0 Å². The molecule has 2 aliphatic rings. The standard InChI is InChI=1S/C20H30N4/c1-16-6-5-7-18(14-16)23-20(21-2)22-15-17-8-10-19(11-9-17)24-12-3-4-13-24/h3-4,8-11,16,18H,5-7,12-15H2,1-2H3,(H2,21,22,23). The largest absolute Gasteiger partial charge is 0.364 e. The van der Waals surface area contributed by atoms with Crippen LogP contribution in [0.5, 0.6) is 0 Å². The van der Waals surface area contributed by atoms with Gasteiger partial charge in [0.25, 0.3) is 0 Å². The molecule has 1 aromatic carbocycles. The molecule has 2 N–H and O–H groups in total. The molecule has 4 nitrogen and oxygen atoms in total. The lowest BCUT2D eigenvalue weighted by atomic mass is 9.87. The summed E-state index contributed by atoms with van der Waals surface area (Å²) in [6.45, 7) is 5.20. The second-order valence-corrected chi connectivity index (χ2v) is 7.08. The molecule has 1 aliphatic carbocycles. The lowest BCUT2D eigenvalue weighted by Crippen LogP contribution is -2.44. The molecule has 0 amide bonds. The maximum atomic E-state index is 4.38. The predicted molar refractivity (Wildman–Crippen MR) is 103 cm³/mol. The molecule has 1 saturated carbocycles. The number of benzene rings is 1. The fraction of sp³-hybridized carbons (Fsp3) is 0.550. The highest BCUT2D eigenvalue weighted by Crippen LogP contribution is 2.23.